The fourth-order valence-corrected chi connectivity index (χ4v) is 4.07. The fourth-order valence-electron chi connectivity index (χ4n) is 2.65. The van der Waals surface area contributed by atoms with Crippen molar-refractivity contribution in [1.82, 2.24) is 14.5 Å². The van der Waals surface area contributed by atoms with Crippen LogP contribution in [-0.2, 0) is 10.0 Å². The minimum absolute atomic E-state index is 0.116. The molecule has 1 aliphatic rings. The summed E-state index contributed by atoms with van der Waals surface area (Å²) in [5, 5.41) is 2.82. The van der Waals surface area contributed by atoms with Crippen LogP contribution in [0.1, 0.15) is 38.7 Å². The predicted octanol–water partition coefficient (Wildman–Crippen LogP) is 2.24. The van der Waals surface area contributed by atoms with E-state index in [-0.39, 0.29) is 6.03 Å². The maximum Gasteiger partial charge on any atom is 0.317 e. The highest BCUT2D eigenvalue weighted by Gasteiger charge is 2.29. The minimum atomic E-state index is -3.50. The summed E-state index contributed by atoms with van der Waals surface area (Å²) in [6.07, 6.45) is 0.881. The number of nitrogens with one attached hydrogen (secondary N) is 1. The first kappa shape index (κ1) is 18.7. The first-order valence-corrected chi connectivity index (χ1v) is 9.93. The average Bonchev–Trinajstić information content (AvgIpc) is 2.59. The lowest BCUT2D eigenvalue weighted by Crippen LogP contribution is -2.53. The molecule has 2 amide bonds. The number of urea groups is 1. The quantitative estimate of drug-likeness (QED) is 0.882. The van der Waals surface area contributed by atoms with E-state index in [1.54, 1.807) is 17.0 Å². The molecule has 0 spiro atoms. The molecule has 2 rings (SSSR count). The fraction of sp³-hybridized carbons (Fsp3) is 0.588. The van der Waals surface area contributed by atoms with Crippen molar-refractivity contribution >= 4 is 16.1 Å². The second-order valence-corrected chi connectivity index (χ2v) is 8.28. The first-order valence-electron chi connectivity index (χ1n) is 8.49. The Morgan fingerprint density at radius 2 is 1.71 bits per heavy atom. The Morgan fingerprint density at radius 1 is 1.12 bits per heavy atom. The van der Waals surface area contributed by atoms with Crippen LogP contribution < -0.4 is 5.32 Å². The molecule has 0 bridgehead atoms. The van der Waals surface area contributed by atoms with Gasteiger partial charge in [0, 0.05) is 32.7 Å². The molecule has 1 saturated heterocycles. The maximum atomic E-state index is 12.7. The second kappa shape index (κ2) is 7.98. The van der Waals surface area contributed by atoms with Crippen LogP contribution in [0.15, 0.2) is 29.2 Å². The van der Waals surface area contributed by atoms with E-state index in [0.717, 1.165) is 12.0 Å². The van der Waals surface area contributed by atoms with Crippen LogP contribution in [0.2, 0.25) is 0 Å². The van der Waals surface area contributed by atoms with E-state index in [1.165, 1.54) is 4.31 Å². The molecule has 1 aromatic carbocycles. The van der Waals surface area contributed by atoms with Gasteiger partial charge in [-0.2, -0.15) is 4.31 Å². The van der Waals surface area contributed by atoms with Crippen LogP contribution in [0, 0.1) is 0 Å². The SMILES string of the molecule is CCCNC(=O)N1CCN(S(=O)(=O)c2ccc(C(C)C)cc2)CC1. The third-order valence-electron chi connectivity index (χ3n) is 4.24. The van der Waals surface area contributed by atoms with Crippen LogP contribution in [0.3, 0.4) is 0 Å². The van der Waals surface area contributed by atoms with E-state index in [2.05, 4.69) is 19.2 Å². The molecule has 1 N–H and O–H groups in total. The smallest absolute Gasteiger partial charge is 0.317 e. The molecule has 0 radical (unpaired) electrons. The van der Waals surface area contributed by atoms with Crippen molar-refractivity contribution in [2.45, 2.75) is 38.0 Å². The number of sulfonamides is 1. The number of rotatable bonds is 5. The summed E-state index contributed by atoms with van der Waals surface area (Å²) in [5.41, 5.74) is 1.12. The van der Waals surface area contributed by atoms with Gasteiger partial charge in [-0.25, -0.2) is 13.2 Å². The normalized spacial score (nSPS) is 16.4. The van der Waals surface area contributed by atoms with Gasteiger partial charge < -0.3 is 10.2 Å². The zero-order valence-electron chi connectivity index (χ0n) is 14.7. The van der Waals surface area contributed by atoms with Crippen LogP contribution in [-0.4, -0.2) is 56.4 Å². The molecule has 24 heavy (non-hydrogen) atoms. The summed E-state index contributed by atoms with van der Waals surface area (Å²) in [6.45, 7) is 8.27. The maximum absolute atomic E-state index is 12.7. The third-order valence-corrected chi connectivity index (χ3v) is 6.15. The Hall–Kier alpha value is -1.60. The highest BCUT2D eigenvalue weighted by Crippen LogP contribution is 2.21. The Bertz CT molecular complexity index is 648. The molecule has 1 aromatic rings. The molecule has 0 aliphatic carbocycles. The molecule has 0 saturated carbocycles. The van der Waals surface area contributed by atoms with Crippen molar-refractivity contribution in [3.63, 3.8) is 0 Å². The Kier molecular flexibility index (Phi) is 6.23. The van der Waals surface area contributed by atoms with Crippen LogP contribution in [0.4, 0.5) is 4.79 Å². The highest BCUT2D eigenvalue weighted by molar-refractivity contribution is 7.89. The van der Waals surface area contributed by atoms with Gasteiger partial charge in [0.25, 0.3) is 0 Å². The van der Waals surface area contributed by atoms with E-state index in [1.807, 2.05) is 19.1 Å². The van der Waals surface area contributed by atoms with Crippen molar-refractivity contribution in [3.8, 4) is 0 Å². The first-order chi connectivity index (χ1) is 11.4. The minimum Gasteiger partial charge on any atom is -0.338 e. The molecule has 0 atom stereocenters. The second-order valence-electron chi connectivity index (χ2n) is 6.35. The number of piperazine rings is 1. The molecule has 1 fully saturated rings. The molecule has 1 aliphatic heterocycles. The van der Waals surface area contributed by atoms with Gasteiger partial charge >= 0.3 is 6.03 Å². The molecule has 1 heterocycles. The molecule has 6 nitrogen and oxygen atoms in total. The van der Waals surface area contributed by atoms with Crippen molar-refractivity contribution in [3.05, 3.63) is 29.8 Å². The number of hydrogen-bond donors (Lipinski definition) is 1. The number of nitrogens with zero attached hydrogens (tertiary/aromatic N) is 2. The monoisotopic (exact) mass is 353 g/mol. The highest BCUT2D eigenvalue weighted by atomic mass is 32.2. The van der Waals surface area contributed by atoms with Gasteiger partial charge in [0.15, 0.2) is 0 Å². The average molecular weight is 353 g/mol. The predicted molar refractivity (Wildman–Crippen MR) is 94.6 cm³/mol. The van der Waals surface area contributed by atoms with E-state index < -0.39 is 10.0 Å². The van der Waals surface area contributed by atoms with Crippen LogP contribution in [0.25, 0.3) is 0 Å². The molecular weight excluding hydrogens is 326 g/mol. The summed E-state index contributed by atoms with van der Waals surface area (Å²) >= 11 is 0. The number of hydrogen-bond acceptors (Lipinski definition) is 3. The van der Waals surface area contributed by atoms with Crippen LogP contribution in [0.5, 0.6) is 0 Å². The van der Waals surface area contributed by atoms with E-state index >= 15 is 0 Å². The van der Waals surface area contributed by atoms with Gasteiger partial charge in [-0.1, -0.05) is 32.9 Å². The molecule has 7 heteroatoms. The van der Waals surface area contributed by atoms with Gasteiger partial charge in [-0.3, -0.25) is 0 Å². The lowest BCUT2D eigenvalue weighted by atomic mass is 10.0. The molecule has 134 valence electrons. The summed E-state index contributed by atoms with van der Waals surface area (Å²) in [6, 6.07) is 6.96. The summed E-state index contributed by atoms with van der Waals surface area (Å²) in [5.74, 6) is 0.368. The van der Waals surface area contributed by atoms with E-state index in [4.69, 9.17) is 0 Å². The van der Waals surface area contributed by atoms with Gasteiger partial charge in [0.05, 0.1) is 4.90 Å². The van der Waals surface area contributed by atoms with Gasteiger partial charge in [0.2, 0.25) is 10.0 Å². The largest absolute Gasteiger partial charge is 0.338 e. The number of amides is 2. The Balaban J connectivity index is 2.00. The third kappa shape index (κ3) is 4.27. The zero-order valence-corrected chi connectivity index (χ0v) is 15.5. The number of benzene rings is 1. The zero-order chi connectivity index (χ0) is 17.7. The number of carbonyl (C=O) groups is 1. The van der Waals surface area contributed by atoms with E-state index in [9.17, 15) is 13.2 Å². The molecule has 0 unspecified atom stereocenters. The standard InChI is InChI=1S/C17H27N3O3S/c1-4-9-18-17(21)19-10-12-20(13-11-19)24(22,23)16-7-5-15(6-8-16)14(2)3/h5-8,14H,4,9-13H2,1-3H3,(H,18,21). The summed E-state index contributed by atoms with van der Waals surface area (Å²) < 4.78 is 26.9. The molecule has 0 aromatic heterocycles. The van der Waals surface area contributed by atoms with Crippen molar-refractivity contribution in [1.29, 1.82) is 0 Å². The lowest BCUT2D eigenvalue weighted by molar-refractivity contribution is 0.172. The van der Waals surface area contributed by atoms with Gasteiger partial charge in [-0.05, 0) is 30.0 Å². The van der Waals surface area contributed by atoms with Crippen LogP contribution >= 0.6 is 0 Å². The van der Waals surface area contributed by atoms with E-state index in [0.29, 0.717) is 43.5 Å². The van der Waals surface area contributed by atoms with Gasteiger partial charge in [-0.15, -0.1) is 0 Å². The van der Waals surface area contributed by atoms with Crippen molar-refractivity contribution < 1.29 is 13.2 Å². The van der Waals surface area contributed by atoms with Crippen molar-refractivity contribution in [2.75, 3.05) is 32.7 Å². The Labute approximate surface area is 144 Å². The lowest BCUT2D eigenvalue weighted by Gasteiger charge is -2.34. The van der Waals surface area contributed by atoms with Gasteiger partial charge in [0.1, 0.15) is 0 Å². The summed E-state index contributed by atoms with van der Waals surface area (Å²) in [4.78, 5) is 13.9. The topological polar surface area (TPSA) is 69.7 Å². The number of carbonyl (C=O) groups excluding carboxylic acids is 1. The Morgan fingerprint density at radius 3 is 2.21 bits per heavy atom. The van der Waals surface area contributed by atoms with Crippen molar-refractivity contribution in [2.24, 2.45) is 0 Å². The summed E-state index contributed by atoms with van der Waals surface area (Å²) in [7, 11) is -3.50. The molecular formula is C17H27N3O3S.